The van der Waals surface area contributed by atoms with Crippen LogP contribution in [0.4, 0.5) is 0 Å². The minimum Gasteiger partial charge on any atom is -0.331 e. The summed E-state index contributed by atoms with van der Waals surface area (Å²) in [5.74, 6) is -0.106. The molecule has 1 amide bonds. The highest BCUT2D eigenvalue weighted by Crippen LogP contribution is 2.30. The molecule has 0 unspecified atom stereocenters. The third-order valence-corrected chi connectivity index (χ3v) is 5.96. The van der Waals surface area contributed by atoms with Gasteiger partial charge in [-0.2, -0.15) is 10.4 Å². The van der Waals surface area contributed by atoms with Gasteiger partial charge in [0.1, 0.15) is 0 Å². The van der Waals surface area contributed by atoms with Gasteiger partial charge >= 0.3 is 0 Å². The predicted octanol–water partition coefficient (Wildman–Crippen LogP) is 4.71. The first-order valence-electron chi connectivity index (χ1n) is 9.79. The lowest BCUT2D eigenvalue weighted by atomic mass is 10.1. The molecule has 7 heteroatoms. The van der Waals surface area contributed by atoms with Crippen LogP contribution in [0.3, 0.4) is 0 Å². The van der Waals surface area contributed by atoms with Crippen molar-refractivity contribution in [1.29, 1.82) is 5.26 Å². The zero-order valence-corrected chi connectivity index (χ0v) is 18.2. The number of pyridine rings is 1. The Hall–Kier alpha value is -3.76. The van der Waals surface area contributed by atoms with Crippen molar-refractivity contribution in [3.05, 3.63) is 82.9 Å². The number of carbonyl (C=O) groups is 1. The molecular weight excluding hydrogens is 406 g/mol. The molecule has 154 valence electrons. The number of rotatable bonds is 6. The van der Waals surface area contributed by atoms with Crippen LogP contribution in [-0.2, 0) is 13.6 Å². The predicted molar refractivity (Wildman–Crippen MR) is 123 cm³/mol. The highest BCUT2D eigenvalue weighted by molar-refractivity contribution is 7.13. The van der Waals surface area contributed by atoms with Crippen molar-refractivity contribution in [2.75, 3.05) is 6.54 Å². The fraction of sp³-hybridized carbons (Fsp3) is 0.167. The van der Waals surface area contributed by atoms with E-state index in [0.29, 0.717) is 29.9 Å². The van der Waals surface area contributed by atoms with Crippen molar-refractivity contribution in [3.8, 4) is 16.6 Å². The number of amides is 1. The molecule has 0 radical (unpaired) electrons. The Balaban J connectivity index is 1.79. The van der Waals surface area contributed by atoms with Crippen molar-refractivity contribution < 1.29 is 4.79 Å². The van der Waals surface area contributed by atoms with Gasteiger partial charge in [-0.25, -0.2) is 4.98 Å². The van der Waals surface area contributed by atoms with E-state index in [4.69, 9.17) is 10.2 Å². The lowest BCUT2D eigenvalue weighted by molar-refractivity contribution is 0.0764. The minimum atomic E-state index is -0.106. The number of hydrogen-bond donors (Lipinski definition) is 0. The average molecular weight is 428 g/mol. The molecule has 31 heavy (non-hydrogen) atoms. The molecule has 0 bridgehead atoms. The summed E-state index contributed by atoms with van der Waals surface area (Å²) in [6, 6.07) is 15.2. The summed E-state index contributed by atoms with van der Waals surface area (Å²) in [7, 11) is 1.84. The van der Waals surface area contributed by atoms with Crippen LogP contribution in [0.5, 0.6) is 0 Å². The van der Waals surface area contributed by atoms with Crippen molar-refractivity contribution >= 4 is 28.3 Å². The van der Waals surface area contributed by atoms with E-state index in [1.807, 2.05) is 49.7 Å². The molecule has 0 atom stereocenters. The topological polar surface area (TPSA) is 74.8 Å². The summed E-state index contributed by atoms with van der Waals surface area (Å²) in [4.78, 5) is 21.2. The minimum absolute atomic E-state index is 0.106. The smallest absolute Gasteiger partial charge is 0.255 e. The van der Waals surface area contributed by atoms with E-state index < -0.39 is 0 Å². The fourth-order valence-corrected chi connectivity index (χ4v) is 4.30. The molecular formula is C24H21N5OS. The third kappa shape index (κ3) is 3.98. The molecule has 3 aromatic heterocycles. The van der Waals surface area contributed by atoms with E-state index in [-0.39, 0.29) is 5.91 Å². The number of hydrogen-bond acceptors (Lipinski definition) is 5. The van der Waals surface area contributed by atoms with Gasteiger partial charge in [0, 0.05) is 20.1 Å². The second-order valence-corrected chi connectivity index (χ2v) is 8.17. The van der Waals surface area contributed by atoms with E-state index in [1.54, 1.807) is 39.1 Å². The lowest BCUT2D eigenvalue weighted by Gasteiger charge is -2.22. The van der Waals surface area contributed by atoms with Crippen LogP contribution in [0.15, 0.2) is 60.5 Å². The first-order chi connectivity index (χ1) is 15.0. The van der Waals surface area contributed by atoms with E-state index in [2.05, 4.69) is 17.7 Å². The summed E-state index contributed by atoms with van der Waals surface area (Å²) < 4.78 is 1.72. The van der Waals surface area contributed by atoms with Gasteiger partial charge in [-0.1, -0.05) is 24.3 Å². The van der Waals surface area contributed by atoms with E-state index >= 15 is 0 Å². The summed E-state index contributed by atoms with van der Waals surface area (Å²) in [5.41, 5.74) is 4.32. The molecule has 0 spiro atoms. The van der Waals surface area contributed by atoms with Crippen molar-refractivity contribution in [3.63, 3.8) is 0 Å². The van der Waals surface area contributed by atoms with E-state index in [0.717, 1.165) is 27.2 Å². The summed E-state index contributed by atoms with van der Waals surface area (Å²) in [6.45, 7) is 6.53. The first-order valence-corrected chi connectivity index (χ1v) is 10.7. The molecule has 0 saturated heterocycles. The van der Waals surface area contributed by atoms with Gasteiger partial charge in [0.2, 0.25) is 0 Å². The van der Waals surface area contributed by atoms with E-state index in [9.17, 15) is 4.79 Å². The molecule has 3 heterocycles. The molecule has 0 fully saturated rings. The standard InChI is InChI=1S/C24H21N5OS/c1-4-11-29(15-18-9-7-17(14-25)8-10-18)24(30)19-13-20(21-6-5-12-31-21)26-23-22(19)16(2)27-28(23)3/h4-10,12-13H,1,11,15H2,2-3H3. The molecule has 0 N–H and O–H groups in total. The summed E-state index contributed by atoms with van der Waals surface area (Å²) in [6.07, 6.45) is 1.72. The van der Waals surface area contributed by atoms with Gasteiger partial charge in [-0.15, -0.1) is 17.9 Å². The number of nitrogens with zero attached hydrogens (tertiary/aromatic N) is 5. The Labute approximate surface area is 184 Å². The highest BCUT2D eigenvalue weighted by Gasteiger charge is 2.23. The molecule has 0 aliphatic rings. The van der Waals surface area contributed by atoms with Gasteiger partial charge in [0.15, 0.2) is 5.65 Å². The number of aromatic nitrogens is 3. The van der Waals surface area contributed by atoms with Gasteiger partial charge in [-0.3, -0.25) is 9.48 Å². The maximum Gasteiger partial charge on any atom is 0.255 e. The van der Waals surface area contributed by atoms with Gasteiger partial charge in [-0.05, 0) is 42.1 Å². The molecule has 0 saturated carbocycles. The van der Waals surface area contributed by atoms with Crippen LogP contribution < -0.4 is 0 Å². The number of thiophene rings is 1. The van der Waals surface area contributed by atoms with Gasteiger partial charge < -0.3 is 4.90 Å². The maximum atomic E-state index is 13.7. The molecule has 4 rings (SSSR count). The molecule has 6 nitrogen and oxygen atoms in total. The monoisotopic (exact) mass is 427 g/mol. The second-order valence-electron chi connectivity index (χ2n) is 7.22. The van der Waals surface area contributed by atoms with Crippen LogP contribution in [0, 0.1) is 18.3 Å². The highest BCUT2D eigenvalue weighted by atomic mass is 32.1. The number of fused-ring (bicyclic) bond motifs is 1. The average Bonchev–Trinajstić information content (AvgIpc) is 3.41. The zero-order chi connectivity index (χ0) is 22.0. The normalized spacial score (nSPS) is 10.7. The maximum absolute atomic E-state index is 13.7. The number of carbonyl (C=O) groups excluding carboxylic acids is 1. The lowest BCUT2D eigenvalue weighted by Crippen LogP contribution is -2.31. The SMILES string of the molecule is C=CCN(Cc1ccc(C#N)cc1)C(=O)c1cc(-c2cccs2)nc2c1c(C)nn2C. The summed E-state index contributed by atoms with van der Waals surface area (Å²) >= 11 is 1.58. The Morgan fingerprint density at radius 1 is 1.32 bits per heavy atom. The number of benzene rings is 1. The third-order valence-electron chi connectivity index (χ3n) is 5.07. The molecule has 4 aromatic rings. The van der Waals surface area contributed by atoms with Crippen LogP contribution >= 0.6 is 11.3 Å². The van der Waals surface area contributed by atoms with Crippen molar-refractivity contribution in [2.24, 2.45) is 7.05 Å². The van der Waals surface area contributed by atoms with Crippen LogP contribution in [0.2, 0.25) is 0 Å². The quantitative estimate of drug-likeness (QED) is 0.418. The second kappa shape index (κ2) is 8.54. The number of nitriles is 1. The molecule has 0 aliphatic heterocycles. The van der Waals surface area contributed by atoms with Crippen molar-refractivity contribution in [2.45, 2.75) is 13.5 Å². The Kier molecular flexibility index (Phi) is 5.65. The Morgan fingerprint density at radius 2 is 2.10 bits per heavy atom. The van der Waals surface area contributed by atoms with Gasteiger partial charge in [0.25, 0.3) is 5.91 Å². The molecule has 0 aliphatic carbocycles. The van der Waals surface area contributed by atoms with Crippen molar-refractivity contribution in [1.82, 2.24) is 19.7 Å². The van der Waals surface area contributed by atoms with Gasteiger partial charge in [0.05, 0.1) is 38.8 Å². The first kappa shape index (κ1) is 20.5. The Morgan fingerprint density at radius 3 is 2.74 bits per heavy atom. The van der Waals surface area contributed by atoms with Crippen LogP contribution in [0.1, 0.15) is 27.2 Å². The Bertz CT molecular complexity index is 1300. The zero-order valence-electron chi connectivity index (χ0n) is 17.4. The summed E-state index contributed by atoms with van der Waals surface area (Å²) in [5, 5.41) is 16.3. The number of aryl methyl sites for hydroxylation is 2. The fourth-order valence-electron chi connectivity index (χ4n) is 3.61. The van der Waals surface area contributed by atoms with E-state index in [1.165, 1.54) is 0 Å². The van der Waals surface area contributed by atoms with Crippen LogP contribution in [0.25, 0.3) is 21.6 Å². The molecule has 1 aromatic carbocycles. The van der Waals surface area contributed by atoms with Crippen LogP contribution in [-0.4, -0.2) is 32.1 Å². The largest absolute Gasteiger partial charge is 0.331 e.